The van der Waals surface area contributed by atoms with Gasteiger partial charge in [0.25, 0.3) is 5.91 Å². The van der Waals surface area contributed by atoms with E-state index in [2.05, 4.69) is 10.0 Å². The van der Waals surface area contributed by atoms with Gasteiger partial charge < -0.3 is 10.4 Å². The quantitative estimate of drug-likeness (QED) is 0.421. The number of aliphatic hydroxyl groups is 1. The van der Waals surface area contributed by atoms with Gasteiger partial charge in [-0.15, -0.1) is 0 Å². The van der Waals surface area contributed by atoms with Crippen molar-refractivity contribution < 1.29 is 39.9 Å². The number of nitrogens with one attached hydrogen (secondary N) is 2. The maximum absolute atomic E-state index is 13.7. The summed E-state index contributed by atoms with van der Waals surface area (Å²) in [6.45, 7) is 1.66. The first-order valence-corrected chi connectivity index (χ1v) is 15.5. The number of sulfonamides is 1. The van der Waals surface area contributed by atoms with Gasteiger partial charge >= 0.3 is 0 Å². The Balaban J connectivity index is 1.59. The molecule has 2 aromatic rings. The second kappa shape index (κ2) is 10.1. The molecule has 2 saturated carbocycles. The summed E-state index contributed by atoms with van der Waals surface area (Å²) in [4.78, 5) is 12.4. The average Bonchev–Trinajstić information content (AvgIpc) is 2.94. The molecule has 0 aromatic heterocycles. The Hall–Kier alpha value is -2.19. The fourth-order valence-corrected chi connectivity index (χ4v) is 8.56. The normalized spacial score (nSPS) is 27.3. The molecule has 0 radical (unpaired) electrons. The van der Waals surface area contributed by atoms with Crippen molar-refractivity contribution in [1.29, 1.82) is 0 Å². The zero-order valence-electron chi connectivity index (χ0n) is 20.3. The fourth-order valence-electron chi connectivity index (χ4n) is 5.69. The molecule has 8 nitrogen and oxygen atoms in total. The number of carbonyl (C=O) groups excluding carboxylic acids is 1. The van der Waals surface area contributed by atoms with E-state index in [-0.39, 0.29) is 46.5 Å². The van der Waals surface area contributed by atoms with Gasteiger partial charge in [0, 0.05) is 29.9 Å². The molecule has 208 valence electrons. The van der Waals surface area contributed by atoms with Crippen molar-refractivity contribution in [2.24, 2.45) is 17.8 Å². The van der Waals surface area contributed by atoms with Crippen molar-refractivity contribution in [3.05, 3.63) is 58.4 Å². The summed E-state index contributed by atoms with van der Waals surface area (Å²) in [6, 6.07) is 4.67. The molecule has 2 fully saturated rings. The van der Waals surface area contributed by atoms with Crippen LogP contribution in [0.5, 0.6) is 0 Å². The number of fused-ring (bicyclic) bond motifs is 2. The Morgan fingerprint density at radius 1 is 1.08 bits per heavy atom. The zero-order chi connectivity index (χ0) is 28.2. The number of anilines is 1. The van der Waals surface area contributed by atoms with Gasteiger partial charge in [0.2, 0.25) is 10.0 Å². The first-order valence-electron chi connectivity index (χ1n) is 11.7. The third kappa shape index (κ3) is 5.44. The fraction of sp³-hybridized carbons (Fsp3) is 0.458. The van der Waals surface area contributed by atoms with E-state index in [0.29, 0.717) is 18.6 Å². The Morgan fingerprint density at radius 2 is 1.71 bits per heavy atom. The van der Waals surface area contributed by atoms with Crippen molar-refractivity contribution in [2.75, 3.05) is 18.1 Å². The molecule has 3 unspecified atom stereocenters. The van der Waals surface area contributed by atoms with Crippen molar-refractivity contribution >= 4 is 43.1 Å². The van der Waals surface area contributed by atoms with Crippen LogP contribution in [-0.4, -0.2) is 51.5 Å². The summed E-state index contributed by atoms with van der Waals surface area (Å²) in [6.07, 6.45) is 1.61. The number of carbonyl (C=O) groups is 1. The van der Waals surface area contributed by atoms with Crippen molar-refractivity contribution in [3.8, 4) is 0 Å². The van der Waals surface area contributed by atoms with Crippen LogP contribution < -0.4 is 10.0 Å². The summed E-state index contributed by atoms with van der Waals surface area (Å²) in [7, 11) is -7.69. The number of hydrogen-bond acceptors (Lipinski definition) is 6. The van der Waals surface area contributed by atoms with Crippen LogP contribution in [0.2, 0.25) is 5.02 Å². The molecular formula is C24H26ClF3N2O6S2. The molecule has 0 spiro atoms. The monoisotopic (exact) mass is 594 g/mol. The summed E-state index contributed by atoms with van der Waals surface area (Å²) in [5.74, 6) is -6.65. The van der Waals surface area contributed by atoms with Gasteiger partial charge in [0.15, 0.2) is 27.3 Å². The third-order valence-corrected chi connectivity index (χ3v) is 10.9. The van der Waals surface area contributed by atoms with Crippen molar-refractivity contribution in [1.82, 2.24) is 4.72 Å². The van der Waals surface area contributed by atoms with E-state index >= 15 is 0 Å². The summed E-state index contributed by atoms with van der Waals surface area (Å²) in [5, 5.41) is 12.5. The molecule has 2 bridgehead atoms. The lowest BCUT2D eigenvalue weighted by molar-refractivity contribution is -0.0576. The first kappa shape index (κ1) is 28.8. The molecule has 38 heavy (non-hydrogen) atoms. The second-order valence-electron chi connectivity index (χ2n) is 10.1. The molecule has 2 aliphatic rings. The summed E-state index contributed by atoms with van der Waals surface area (Å²) < 4.78 is 93.1. The molecular weight excluding hydrogens is 569 g/mol. The van der Waals surface area contributed by atoms with Crippen LogP contribution in [0, 0.1) is 35.2 Å². The maximum atomic E-state index is 13.7. The van der Waals surface area contributed by atoms with Crippen LogP contribution >= 0.6 is 11.6 Å². The molecule has 3 N–H and O–H groups in total. The average molecular weight is 595 g/mol. The number of benzene rings is 2. The van der Waals surface area contributed by atoms with Gasteiger partial charge in [-0.1, -0.05) is 18.5 Å². The van der Waals surface area contributed by atoms with Gasteiger partial charge in [-0.05, 0) is 55.2 Å². The van der Waals surface area contributed by atoms with Gasteiger partial charge in [-0.2, -0.15) is 0 Å². The molecule has 4 rings (SSSR count). The van der Waals surface area contributed by atoms with Crippen LogP contribution in [0.15, 0.2) is 35.2 Å². The molecule has 5 atom stereocenters. The maximum Gasteiger partial charge on any atom is 0.255 e. The minimum Gasteiger partial charge on any atom is -0.388 e. The van der Waals surface area contributed by atoms with Gasteiger partial charge in [-0.3, -0.25) is 4.79 Å². The lowest BCUT2D eigenvalue weighted by Gasteiger charge is -2.43. The Kier molecular flexibility index (Phi) is 7.65. The highest BCUT2D eigenvalue weighted by molar-refractivity contribution is 7.92. The molecule has 2 aromatic carbocycles. The van der Waals surface area contributed by atoms with E-state index in [0.717, 1.165) is 12.3 Å². The number of amides is 1. The minimum absolute atomic E-state index is 0.0584. The number of hydrogen-bond donors (Lipinski definition) is 3. The lowest BCUT2D eigenvalue weighted by atomic mass is 9.73. The zero-order valence-corrected chi connectivity index (χ0v) is 22.7. The van der Waals surface area contributed by atoms with Crippen molar-refractivity contribution in [3.63, 3.8) is 0 Å². The number of rotatable bonds is 7. The lowest BCUT2D eigenvalue weighted by Crippen LogP contribution is -2.55. The minimum atomic E-state index is -4.11. The van der Waals surface area contributed by atoms with E-state index in [1.165, 1.54) is 12.1 Å². The Morgan fingerprint density at radius 3 is 2.29 bits per heavy atom. The van der Waals surface area contributed by atoms with Crippen LogP contribution in [0.25, 0.3) is 0 Å². The Bertz CT molecular complexity index is 1480. The largest absolute Gasteiger partial charge is 0.388 e. The van der Waals surface area contributed by atoms with E-state index < -0.39 is 65.9 Å². The standard InChI is InChI=1S/C24H26ClF3N2O6S2/c1-12-5-14-7-16(10-17(12)24(14,32)11-29-37(2,33)34)38(35,36)21-6-13(3-4-18(21)25)23(31)30-15-8-19(26)22(28)20(27)9-15/h3-4,6,8-9,12,14,16-17,29,32H,5,7,10-11H2,1-2H3,(H,30,31)/t12-,14?,16?,17?,24+/m0/s1. The summed E-state index contributed by atoms with van der Waals surface area (Å²) >= 11 is 6.22. The predicted molar refractivity (Wildman–Crippen MR) is 134 cm³/mol. The van der Waals surface area contributed by atoms with Crippen molar-refractivity contribution in [2.45, 2.75) is 41.9 Å². The van der Waals surface area contributed by atoms with Gasteiger partial charge in [0.1, 0.15) is 0 Å². The first-order chi connectivity index (χ1) is 17.5. The highest BCUT2D eigenvalue weighted by atomic mass is 35.5. The highest BCUT2D eigenvalue weighted by Crippen LogP contribution is 2.54. The SMILES string of the molecule is C[C@H]1CC2CC(S(=O)(=O)c3cc(C(=O)Nc4cc(F)c(F)c(F)c4)ccc3Cl)CC1[C@@]2(O)CNS(C)(=O)=O. The van der Waals surface area contributed by atoms with E-state index in [4.69, 9.17) is 11.6 Å². The van der Waals surface area contributed by atoms with Crippen LogP contribution in [0.1, 0.15) is 36.5 Å². The molecule has 1 amide bonds. The third-order valence-electron chi connectivity index (χ3n) is 7.55. The van der Waals surface area contributed by atoms with Crippen LogP contribution in [0.4, 0.5) is 18.9 Å². The topological polar surface area (TPSA) is 130 Å². The Labute approximate surface area is 223 Å². The summed E-state index contributed by atoms with van der Waals surface area (Å²) in [5.41, 5.74) is -1.94. The van der Waals surface area contributed by atoms with E-state index in [1.807, 2.05) is 6.92 Å². The van der Waals surface area contributed by atoms with Crippen LogP contribution in [-0.2, 0) is 19.9 Å². The molecule has 0 aliphatic heterocycles. The smallest absolute Gasteiger partial charge is 0.255 e. The second-order valence-corrected chi connectivity index (χ2v) is 14.5. The molecule has 0 heterocycles. The number of halogens is 4. The number of sulfone groups is 1. The van der Waals surface area contributed by atoms with E-state index in [9.17, 15) is 39.9 Å². The predicted octanol–water partition coefficient (Wildman–Crippen LogP) is 3.50. The highest BCUT2D eigenvalue weighted by Gasteiger charge is 2.58. The molecule has 0 saturated heterocycles. The van der Waals surface area contributed by atoms with Crippen LogP contribution in [0.3, 0.4) is 0 Å². The van der Waals surface area contributed by atoms with Gasteiger partial charge in [0.05, 0.1) is 27.0 Å². The van der Waals surface area contributed by atoms with E-state index in [1.54, 1.807) is 0 Å². The van der Waals surface area contributed by atoms with Gasteiger partial charge in [-0.25, -0.2) is 34.7 Å². The molecule has 2 aliphatic carbocycles. The molecule has 14 heteroatoms.